The first-order chi connectivity index (χ1) is 31.4. The van der Waals surface area contributed by atoms with Crippen LogP contribution in [0.25, 0.3) is 0 Å². The van der Waals surface area contributed by atoms with E-state index in [1.54, 1.807) is 12.1 Å². The van der Waals surface area contributed by atoms with Crippen molar-refractivity contribution in [3.63, 3.8) is 0 Å². The van der Waals surface area contributed by atoms with Crippen LogP contribution in [-0.2, 0) is 39.5 Å². The molecule has 13 nitrogen and oxygen atoms in total. The zero-order valence-corrected chi connectivity index (χ0v) is 49.4. The Morgan fingerprint density at radius 1 is 0.522 bits per heavy atom. The van der Waals surface area contributed by atoms with Gasteiger partial charge in [-0.25, -0.2) is 0 Å². The Kier molecular flexibility index (Phi) is 45.4. The summed E-state index contributed by atoms with van der Waals surface area (Å²) in [4.78, 5) is 11.2. The molecule has 0 heterocycles. The number of ether oxygens (including phenoxy) is 7. The molecule has 67 heavy (non-hydrogen) atoms. The van der Waals surface area contributed by atoms with Crippen LogP contribution < -0.4 is 122 Å². The quantitative estimate of drug-likeness (QED) is 0.0181. The van der Waals surface area contributed by atoms with E-state index in [-0.39, 0.29) is 140 Å². The summed E-state index contributed by atoms with van der Waals surface area (Å²) in [6.45, 7) is 13.8. The van der Waals surface area contributed by atoms with E-state index in [1.165, 1.54) is 16.7 Å². The monoisotopic (exact) mass is 1090 g/mol. The SMILES string of the molecule is CC(C)(c1ccc(O)cc1)c1ccc(OCCOCCOCCO)cc1.CC(C)(c1ccc(OCCCCl)cc1)c1ccc(OCCOCCOCCO)cc1.ClCCCBr.O=CO[O-].[H-].[K+].[K+]. The van der Waals surface area contributed by atoms with Crippen molar-refractivity contribution in [3.8, 4) is 23.0 Å². The third-order valence-corrected chi connectivity index (χ3v) is 10.5. The van der Waals surface area contributed by atoms with Gasteiger partial charge in [0.15, 0.2) is 0 Å². The van der Waals surface area contributed by atoms with E-state index in [0.717, 1.165) is 46.9 Å². The maximum Gasteiger partial charge on any atom is 1.00 e. The molecule has 0 unspecified atom stereocenters. The number of carbonyl (C=O) groups is 1. The van der Waals surface area contributed by atoms with Crippen molar-refractivity contribution in [3.05, 3.63) is 119 Å². The van der Waals surface area contributed by atoms with Gasteiger partial charge in [-0.05, 0) is 83.6 Å². The van der Waals surface area contributed by atoms with Gasteiger partial charge < -0.3 is 60.0 Å². The second-order valence-electron chi connectivity index (χ2n) is 14.8. The fourth-order valence-electron chi connectivity index (χ4n) is 5.62. The molecule has 0 aliphatic rings. The van der Waals surface area contributed by atoms with E-state index in [4.69, 9.17) is 76.6 Å². The van der Waals surface area contributed by atoms with E-state index in [0.29, 0.717) is 78.6 Å². The molecule has 18 heteroatoms. The van der Waals surface area contributed by atoms with Crippen molar-refractivity contribution >= 4 is 45.6 Å². The summed E-state index contributed by atoms with van der Waals surface area (Å²) in [5.41, 5.74) is 4.45. The molecule has 0 amide bonds. The number of hydrogen-bond donors (Lipinski definition) is 3. The average Bonchev–Trinajstić information content (AvgIpc) is 3.32. The summed E-state index contributed by atoms with van der Waals surface area (Å²) in [5, 5.41) is 36.1. The number of rotatable bonds is 29. The first-order valence-corrected chi connectivity index (χ1v) is 23.6. The number of aliphatic hydroxyl groups excluding tert-OH is 2. The van der Waals surface area contributed by atoms with E-state index in [2.05, 4.69) is 84.9 Å². The summed E-state index contributed by atoms with van der Waals surface area (Å²) in [7, 11) is 0. The van der Waals surface area contributed by atoms with Crippen LogP contribution in [0.5, 0.6) is 23.0 Å². The number of alkyl halides is 3. The Morgan fingerprint density at radius 2 is 0.806 bits per heavy atom. The standard InChI is InChI=1S/C24H33ClO5.C21H28O5.C3H6BrCl.CH2O3.2K.H/c1-24(2,20-4-8-22(9-5-20)29-14-3-12-25)21-6-10-23(11-7-21)30-19-18-28-17-16-27-15-13-26;1-21(2,17-3-7-19(23)8-4-17)18-5-9-20(10-6-18)26-16-15-25-14-13-24-12-11-22;4-2-1-3-5;2-1-4-3;;;/h4-11,26H,3,12-19H2,1-2H3;3-10,22-23H,11-16H2,1-2H3;1-3H2;1,3H;;;/q;;;;2*+1;-1/p-1. The van der Waals surface area contributed by atoms with Gasteiger partial charge in [0, 0.05) is 27.9 Å². The summed E-state index contributed by atoms with van der Waals surface area (Å²) in [5.74, 6) is 4.14. The molecule has 0 fully saturated rings. The Labute approximate surface area is 503 Å². The average molecular weight is 1100 g/mol. The van der Waals surface area contributed by atoms with Crippen LogP contribution in [0.15, 0.2) is 97.1 Å². The molecule has 4 rings (SSSR count). The fraction of sp³-hybridized carbons (Fsp3) is 0.490. The molecule has 0 spiro atoms. The molecule has 0 saturated heterocycles. The van der Waals surface area contributed by atoms with Gasteiger partial charge >= 0.3 is 103 Å². The number of phenolic OH excluding ortho intramolecular Hbond substituents is 1. The van der Waals surface area contributed by atoms with Crippen molar-refractivity contribution < 1.29 is 168 Å². The molecule has 4 aromatic rings. The molecule has 0 aliphatic heterocycles. The van der Waals surface area contributed by atoms with Gasteiger partial charge in [0.05, 0.1) is 72.7 Å². The minimum Gasteiger partial charge on any atom is -1.00 e. The smallest absolute Gasteiger partial charge is 1.00 e. The normalized spacial score (nSPS) is 10.5. The summed E-state index contributed by atoms with van der Waals surface area (Å²) in [6.07, 6.45) is 1.91. The van der Waals surface area contributed by atoms with Crippen LogP contribution in [0.1, 0.15) is 64.2 Å². The third-order valence-electron chi connectivity index (χ3n) is 9.38. The van der Waals surface area contributed by atoms with E-state index >= 15 is 0 Å². The third kappa shape index (κ3) is 31.6. The molecule has 0 saturated carbocycles. The number of benzene rings is 4. The predicted octanol–water partition coefficient (Wildman–Crippen LogP) is 2.11. The molecule has 4 aromatic carbocycles. The van der Waals surface area contributed by atoms with Crippen molar-refractivity contribution in [1.82, 2.24) is 0 Å². The molecule has 366 valence electrons. The number of aliphatic hydroxyl groups is 2. The summed E-state index contributed by atoms with van der Waals surface area (Å²) < 4.78 is 38.2. The Balaban J connectivity index is -0.00000102. The molecular formula is C49H69BrCl2K2O13. The number of hydrogen-bond acceptors (Lipinski definition) is 13. The van der Waals surface area contributed by atoms with Gasteiger partial charge in [-0.1, -0.05) is 92.2 Å². The van der Waals surface area contributed by atoms with Crippen LogP contribution in [0.3, 0.4) is 0 Å². The molecule has 0 atom stereocenters. The maximum atomic E-state index is 9.46. The van der Waals surface area contributed by atoms with Crippen molar-refractivity contribution in [2.45, 2.75) is 51.4 Å². The summed E-state index contributed by atoms with van der Waals surface area (Å²) in [6, 6.07) is 31.8. The van der Waals surface area contributed by atoms with Gasteiger partial charge in [-0.3, -0.25) is 4.79 Å². The summed E-state index contributed by atoms with van der Waals surface area (Å²) >= 11 is 14.2. The minimum absolute atomic E-state index is 0. The zero-order chi connectivity index (χ0) is 48.0. The van der Waals surface area contributed by atoms with Crippen LogP contribution in [0.2, 0.25) is 0 Å². The van der Waals surface area contributed by atoms with Crippen LogP contribution in [0, 0.1) is 0 Å². The fourth-order valence-corrected chi connectivity index (χ4v) is 6.47. The van der Waals surface area contributed by atoms with Crippen molar-refractivity contribution in [2.24, 2.45) is 0 Å². The molecule has 0 aliphatic carbocycles. The second kappa shape index (κ2) is 44.3. The molecular weight excluding hydrogens is 1030 g/mol. The molecule has 3 N–H and O–H groups in total. The Morgan fingerprint density at radius 3 is 1.07 bits per heavy atom. The molecule has 0 aromatic heterocycles. The van der Waals surface area contributed by atoms with Gasteiger partial charge in [0.1, 0.15) is 36.2 Å². The topological polar surface area (TPSA) is 175 Å². The van der Waals surface area contributed by atoms with Gasteiger partial charge in [-0.2, -0.15) is 0 Å². The number of halogens is 3. The van der Waals surface area contributed by atoms with Gasteiger partial charge in [-0.15, -0.1) is 23.2 Å². The largest absolute Gasteiger partial charge is 1.00 e. The Hall–Kier alpha value is -0.397. The van der Waals surface area contributed by atoms with Crippen molar-refractivity contribution in [1.29, 1.82) is 0 Å². The van der Waals surface area contributed by atoms with Gasteiger partial charge in [0.25, 0.3) is 6.47 Å². The molecule has 0 radical (unpaired) electrons. The predicted molar refractivity (Wildman–Crippen MR) is 258 cm³/mol. The van der Waals surface area contributed by atoms with Crippen LogP contribution in [0.4, 0.5) is 0 Å². The van der Waals surface area contributed by atoms with Crippen LogP contribution in [-0.4, -0.2) is 125 Å². The first kappa shape index (κ1) is 68.7. The Bertz CT molecular complexity index is 1730. The maximum absolute atomic E-state index is 9.46. The van der Waals surface area contributed by atoms with Gasteiger partial charge in [0.2, 0.25) is 0 Å². The minimum atomic E-state index is -0.181. The molecule has 0 bridgehead atoms. The zero-order valence-electron chi connectivity index (χ0n) is 41.1. The van der Waals surface area contributed by atoms with E-state index in [1.807, 2.05) is 48.5 Å². The first-order valence-electron chi connectivity index (χ1n) is 21.4. The number of phenols is 1. The second-order valence-corrected chi connectivity index (χ2v) is 16.3. The number of aromatic hydroxyl groups is 1. The van der Waals surface area contributed by atoms with Crippen molar-refractivity contribution in [2.75, 3.05) is 103 Å². The van der Waals surface area contributed by atoms with Crippen LogP contribution >= 0.6 is 39.1 Å². The van der Waals surface area contributed by atoms with E-state index < -0.39 is 0 Å². The number of carbonyl (C=O) groups excluding carboxylic acids is 1. The van der Waals surface area contributed by atoms with E-state index in [9.17, 15) is 5.11 Å².